The lowest BCUT2D eigenvalue weighted by molar-refractivity contribution is 1.09. The Morgan fingerprint density at radius 3 is 2.10 bits per heavy atom. The average Bonchev–Trinajstić information content (AvgIpc) is 2.47. The van der Waals surface area contributed by atoms with Gasteiger partial charge in [-0.1, -0.05) is 94.6 Å². The average molecular weight is 266 g/mol. The summed E-state index contributed by atoms with van der Waals surface area (Å²) in [5.74, 6) is 0. The number of benzene rings is 1. The van der Waals surface area contributed by atoms with E-state index in [1.807, 2.05) is 37.3 Å². The van der Waals surface area contributed by atoms with Crippen molar-refractivity contribution in [1.29, 1.82) is 0 Å². The normalized spacial score (nSPS) is 10.7. The molecule has 1 rings (SSSR count). The highest BCUT2D eigenvalue weighted by Crippen LogP contribution is 2.26. The molecular formula is C20H26. The molecule has 0 saturated carbocycles. The highest BCUT2D eigenvalue weighted by Gasteiger charge is 2.05. The lowest BCUT2D eigenvalue weighted by Gasteiger charge is -2.11. The molecule has 0 aliphatic carbocycles. The summed E-state index contributed by atoms with van der Waals surface area (Å²) in [7, 11) is 0. The highest BCUT2D eigenvalue weighted by atomic mass is 14.1. The Bertz CT molecular complexity index is 484. The Kier molecular flexibility index (Phi) is 9.68. The molecule has 1 aromatic carbocycles. The molecule has 0 saturated heterocycles. The van der Waals surface area contributed by atoms with Crippen molar-refractivity contribution < 1.29 is 0 Å². The monoisotopic (exact) mass is 266 g/mol. The Morgan fingerprint density at radius 2 is 1.65 bits per heavy atom. The second-order valence-electron chi connectivity index (χ2n) is 4.37. The van der Waals surface area contributed by atoms with Crippen molar-refractivity contribution in [2.45, 2.75) is 27.2 Å². The number of hydrogen-bond acceptors (Lipinski definition) is 0. The van der Waals surface area contributed by atoms with Crippen LogP contribution in [0.2, 0.25) is 0 Å². The Labute approximate surface area is 124 Å². The fourth-order valence-electron chi connectivity index (χ4n) is 1.59. The van der Waals surface area contributed by atoms with E-state index >= 15 is 0 Å². The van der Waals surface area contributed by atoms with E-state index in [0.717, 1.165) is 22.3 Å². The summed E-state index contributed by atoms with van der Waals surface area (Å²) < 4.78 is 0. The number of hydrogen-bond donors (Lipinski definition) is 0. The largest absolute Gasteiger partial charge is 0.0991 e. The molecule has 0 radical (unpaired) electrons. The molecule has 0 fully saturated rings. The number of allylic oxidation sites excluding steroid dienone is 7. The van der Waals surface area contributed by atoms with Gasteiger partial charge in [0.25, 0.3) is 0 Å². The van der Waals surface area contributed by atoms with Crippen molar-refractivity contribution in [3.8, 4) is 0 Å². The first-order valence-electron chi connectivity index (χ1n) is 7.01. The molecule has 0 atom stereocenters. The van der Waals surface area contributed by atoms with Crippen molar-refractivity contribution in [2.24, 2.45) is 0 Å². The summed E-state index contributed by atoms with van der Waals surface area (Å²) >= 11 is 0. The van der Waals surface area contributed by atoms with E-state index in [4.69, 9.17) is 0 Å². The van der Waals surface area contributed by atoms with Crippen LogP contribution >= 0.6 is 0 Å². The molecule has 0 aliphatic rings. The molecule has 0 spiro atoms. The van der Waals surface area contributed by atoms with Crippen molar-refractivity contribution >= 4 is 5.57 Å². The van der Waals surface area contributed by atoms with Crippen molar-refractivity contribution in [2.75, 3.05) is 0 Å². The van der Waals surface area contributed by atoms with Crippen LogP contribution < -0.4 is 0 Å². The van der Waals surface area contributed by atoms with Gasteiger partial charge in [-0.2, -0.15) is 0 Å². The van der Waals surface area contributed by atoms with E-state index in [0.29, 0.717) is 0 Å². The molecule has 0 N–H and O–H groups in total. The van der Waals surface area contributed by atoms with E-state index in [2.05, 4.69) is 51.8 Å². The molecule has 0 heteroatoms. The van der Waals surface area contributed by atoms with Crippen LogP contribution in [0.1, 0.15) is 32.8 Å². The third-order valence-electron chi connectivity index (χ3n) is 2.52. The zero-order chi connectivity index (χ0) is 15.4. The van der Waals surface area contributed by atoms with Gasteiger partial charge in [-0.15, -0.1) is 0 Å². The second kappa shape index (κ2) is 10.8. The Balaban J connectivity index is 0.00000110. The van der Waals surface area contributed by atoms with Gasteiger partial charge in [0.15, 0.2) is 0 Å². The van der Waals surface area contributed by atoms with Gasteiger partial charge in [-0.05, 0) is 29.2 Å². The smallest absolute Gasteiger partial charge is 0.0154 e. The Hall–Kier alpha value is -2.08. The third-order valence-corrected chi connectivity index (χ3v) is 2.52. The first-order valence-corrected chi connectivity index (χ1v) is 7.01. The van der Waals surface area contributed by atoms with Crippen LogP contribution in [-0.4, -0.2) is 0 Å². The van der Waals surface area contributed by atoms with Gasteiger partial charge in [-0.25, -0.2) is 0 Å². The quantitative estimate of drug-likeness (QED) is 0.544. The van der Waals surface area contributed by atoms with E-state index in [1.54, 1.807) is 6.08 Å². The van der Waals surface area contributed by atoms with Crippen molar-refractivity contribution in [1.82, 2.24) is 0 Å². The zero-order valence-electron chi connectivity index (χ0n) is 13.0. The maximum atomic E-state index is 4.10. The summed E-state index contributed by atoms with van der Waals surface area (Å²) in [4.78, 5) is 0. The van der Waals surface area contributed by atoms with Gasteiger partial charge in [0.05, 0.1) is 0 Å². The van der Waals surface area contributed by atoms with Crippen LogP contribution in [0.4, 0.5) is 0 Å². The van der Waals surface area contributed by atoms with Crippen LogP contribution in [0.3, 0.4) is 0 Å². The van der Waals surface area contributed by atoms with Gasteiger partial charge < -0.3 is 0 Å². The minimum absolute atomic E-state index is 0.904. The standard InChI is InChI=1S/C17H18.C3H8/c1-5-7-11-14(3)15(4)17(6-2)16-12-9-8-10-13-16;1-3-2/h5-13H,1,3-4H2,2H3;3H2,1-2H3/b11-7-,17-6+;. The molecule has 0 nitrogen and oxygen atoms in total. The molecule has 1 aromatic rings. The first kappa shape index (κ1) is 17.9. The van der Waals surface area contributed by atoms with Crippen molar-refractivity contribution in [3.05, 3.63) is 91.1 Å². The molecular weight excluding hydrogens is 240 g/mol. The maximum absolute atomic E-state index is 4.10. The van der Waals surface area contributed by atoms with E-state index in [1.165, 1.54) is 6.42 Å². The number of rotatable bonds is 5. The second-order valence-corrected chi connectivity index (χ2v) is 4.37. The van der Waals surface area contributed by atoms with Crippen LogP contribution in [0.25, 0.3) is 5.57 Å². The molecule has 0 aliphatic heterocycles. The fraction of sp³-hybridized carbons (Fsp3) is 0.200. The molecule has 0 aromatic heterocycles. The Morgan fingerprint density at radius 1 is 1.10 bits per heavy atom. The van der Waals surface area contributed by atoms with Gasteiger partial charge in [0.2, 0.25) is 0 Å². The molecule has 0 bridgehead atoms. The predicted molar refractivity (Wildman–Crippen MR) is 93.7 cm³/mol. The maximum Gasteiger partial charge on any atom is -0.0154 e. The van der Waals surface area contributed by atoms with E-state index in [-0.39, 0.29) is 0 Å². The summed E-state index contributed by atoms with van der Waals surface area (Å²) in [6.45, 7) is 18.0. The van der Waals surface area contributed by atoms with Crippen LogP contribution in [0, 0.1) is 0 Å². The predicted octanol–water partition coefficient (Wildman–Crippen LogP) is 6.36. The van der Waals surface area contributed by atoms with Gasteiger partial charge >= 0.3 is 0 Å². The lowest BCUT2D eigenvalue weighted by Crippen LogP contribution is -1.90. The van der Waals surface area contributed by atoms with Crippen molar-refractivity contribution in [3.63, 3.8) is 0 Å². The molecule has 106 valence electrons. The van der Waals surface area contributed by atoms with E-state index in [9.17, 15) is 0 Å². The van der Waals surface area contributed by atoms with Crippen LogP contribution in [0.5, 0.6) is 0 Å². The third kappa shape index (κ3) is 6.19. The van der Waals surface area contributed by atoms with Crippen LogP contribution in [0.15, 0.2) is 85.5 Å². The zero-order valence-corrected chi connectivity index (χ0v) is 13.0. The molecule has 0 heterocycles. The summed E-state index contributed by atoms with van der Waals surface area (Å²) in [5, 5.41) is 0. The topological polar surface area (TPSA) is 0 Å². The lowest BCUT2D eigenvalue weighted by atomic mass is 9.94. The molecule has 0 amide bonds. The minimum atomic E-state index is 0.904. The van der Waals surface area contributed by atoms with Crippen LogP contribution in [-0.2, 0) is 0 Å². The molecule has 20 heavy (non-hydrogen) atoms. The van der Waals surface area contributed by atoms with Gasteiger partial charge in [0, 0.05) is 0 Å². The fourth-order valence-corrected chi connectivity index (χ4v) is 1.59. The summed E-state index contributed by atoms with van der Waals surface area (Å²) in [6.07, 6.45) is 8.83. The minimum Gasteiger partial charge on any atom is -0.0991 e. The van der Waals surface area contributed by atoms with Gasteiger partial charge in [-0.3, -0.25) is 0 Å². The van der Waals surface area contributed by atoms with Gasteiger partial charge in [0.1, 0.15) is 0 Å². The summed E-state index contributed by atoms with van der Waals surface area (Å²) in [5.41, 5.74) is 4.12. The highest BCUT2D eigenvalue weighted by molar-refractivity contribution is 5.83. The van der Waals surface area contributed by atoms with E-state index < -0.39 is 0 Å². The molecule has 0 unspecified atom stereocenters. The SMILES string of the molecule is C=C/C=C\C(=C)C(=C)/C(=C\C)c1ccccc1.CCC. The summed E-state index contributed by atoms with van der Waals surface area (Å²) in [6, 6.07) is 10.2. The first-order chi connectivity index (χ1) is 9.62.